The molecule has 1 aromatic rings. The Morgan fingerprint density at radius 1 is 1.31 bits per heavy atom. The second kappa shape index (κ2) is 3.88. The van der Waals surface area contributed by atoms with Gasteiger partial charge in [-0.2, -0.15) is 16.1 Å². The maximum Gasteiger partial charge on any atom is 0.240 e. The zero-order chi connectivity index (χ0) is 9.90. The van der Waals surface area contributed by atoms with E-state index in [4.69, 9.17) is 11.1 Å². The lowest BCUT2D eigenvalue weighted by Gasteiger charge is -2.12. The summed E-state index contributed by atoms with van der Waals surface area (Å²) in [6, 6.07) is 7.37. The van der Waals surface area contributed by atoms with E-state index in [0.717, 1.165) is 5.19 Å². The van der Waals surface area contributed by atoms with E-state index in [0.29, 0.717) is 5.69 Å². The molecule has 4 heteroatoms. The van der Waals surface area contributed by atoms with Crippen molar-refractivity contribution >= 4 is 35.4 Å². The summed E-state index contributed by atoms with van der Waals surface area (Å²) in [5, 5.41) is 1.14. The van der Waals surface area contributed by atoms with Crippen LogP contribution >= 0.6 is 11.1 Å². The van der Waals surface area contributed by atoms with E-state index in [9.17, 15) is 4.79 Å². The Kier molecular flexibility index (Phi) is 3.04. The quantitative estimate of drug-likeness (QED) is 0.320. The molecule has 0 fully saturated rings. The molecular formula is C9H10ClNOSi. The molecule has 0 saturated heterocycles. The SMILES string of the molecule is C[Si](C)(Cl)c1ccc(N=C=O)cc1. The standard InChI is InChI=1S/C9H10ClNOSi/c1-13(2,10)9-5-3-8(4-6-9)11-7-12/h3-6H,1-2H3. The highest BCUT2D eigenvalue weighted by molar-refractivity contribution is 7.26. The third-order valence-corrected chi connectivity index (χ3v) is 4.09. The fraction of sp³-hybridized carbons (Fsp3) is 0.222. The molecule has 0 N–H and O–H groups in total. The summed E-state index contributed by atoms with van der Waals surface area (Å²) in [4.78, 5) is 13.4. The molecule has 2 nitrogen and oxygen atoms in total. The molecule has 1 aromatic carbocycles. The van der Waals surface area contributed by atoms with Gasteiger partial charge in [0.1, 0.15) is 0 Å². The van der Waals surface area contributed by atoms with Gasteiger partial charge in [-0.25, -0.2) is 4.79 Å². The molecule has 0 aliphatic carbocycles. The van der Waals surface area contributed by atoms with Crippen molar-refractivity contribution in [3.8, 4) is 0 Å². The van der Waals surface area contributed by atoms with E-state index >= 15 is 0 Å². The van der Waals surface area contributed by atoms with Gasteiger partial charge in [-0.05, 0) is 17.3 Å². The number of nitrogens with zero attached hydrogens (tertiary/aromatic N) is 1. The average Bonchev–Trinajstić information content (AvgIpc) is 2.04. The van der Waals surface area contributed by atoms with E-state index in [1.165, 1.54) is 6.08 Å². The largest absolute Gasteiger partial charge is 0.240 e. The maximum atomic E-state index is 9.95. The van der Waals surface area contributed by atoms with Gasteiger partial charge in [0.05, 0.1) is 5.69 Å². The molecule has 0 atom stereocenters. The lowest BCUT2D eigenvalue weighted by molar-refractivity contribution is 0.565. The minimum Gasteiger partial charge on any atom is -0.211 e. The van der Waals surface area contributed by atoms with Crippen molar-refractivity contribution in [2.45, 2.75) is 13.1 Å². The molecule has 0 saturated carbocycles. The van der Waals surface area contributed by atoms with Gasteiger partial charge in [0.2, 0.25) is 6.08 Å². The highest BCUT2D eigenvalue weighted by Crippen LogP contribution is 2.12. The fourth-order valence-corrected chi connectivity index (χ4v) is 2.32. The van der Waals surface area contributed by atoms with Crippen LogP contribution < -0.4 is 5.19 Å². The molecule has 68 valence electrons. The third-order valence-electron chi connectivity index (χ3n) is 1.73. The van der Waals surface area contributed by atoms with Gasteiger partial charge in [0.25, 0.3) is 0 Å². The Labute approximate surface area is 83.0 Å². The number of isocyanates is 1. The van der Waals surface area contributed by atoms with Crippen molar-refractivity contribution in [2.24, 2.45) is 4.99 Å². The first-order valence-corrected chi connectivity index (χ1v) is 7.92. The van der Waals surface area contributed by atoms with Crippen LogP contribution in [-0.2, 0) is 4.79 Å². The third kappa shape index (κ3) is 2.81. The first kappa shape index (κ1) is 10.2. The number of halogens is 1. The van der Waals surface area contributed by atoms with Crippen molar-refractivity contribution in [3.05, 3.63) is 24.3 Å². The highest BCUT2D eigenvalue weighted by Gasteiger charge is 2.19. The zero-order valence-electron chi connectivity index (χ0n) is 7.54. The molecule has 0 spiro atoms. The summed E-state index contributed by atoms with van der Waals surface area (Å²) in [7, 11) is -1.75. The van der Waals surface area contributed by atoms with Crippen LogP contribution in [0.3, 0.4) is 0 Å². The Morgan fingerprint density at radius 3 is 2.23 bits per heavy atom. The Bertz CT molecular complexity index is 336. The number of benzene rings is 1. The van der Waals surface area contributed by atoms with Crippen molar-refractivity contribution < 1.29 is 4.79 Å². The van der Waals surface area contributed by atoms with E-state index in [1.54, 1.807) is 12.1 Å². The normalized spacial score (nSPS) is 10.7. The maximum absolute atomic E-state index is 9.95. The summed E-state index contributed by atoms with van der Waals surface area (Å²) in [6.45, 7) is 4.10. The topological polar surface area (TPSA) is 29.4 Å². The van der Waals surface area contributed by atoms with Gasteiger partial charge in [-0.15, -0.1) is 0 Å². The number of hydrogen-bond acceptors (Lipinski definition) is 2. The van der Waals surface area contributed by atoms with Crippen molar-refractivity contribution in [3.63, 3.8) is 0 Å². The summed E-state index contributed by atoms with van der Waals surface area (Å²) >= 11 is 6.22. The van der Waals surface area contributed by atoms with Crippen LogP contribution in [0.25, 0.3) is 0 Å². The summed E-state index contributed by atoms with van der Waals surface area (Å²) in [5.41, 5.74) is 0.619. The van der Waals surface area contributed by atoms with Crippen LogP contribution in [0.4, 0.5) is 5.69 Å². The Morgan fingerprint density at radius 2 is 1.85 bits per heavy atom. The molecule has 0 heterocycles. The number of rotatable bonds is 2. The lowest BCUT2D eigenvalue weighted by Crippen LogP contribution is -2.34. The molecule has 0 aromatic heterocycles. The van der Waals surface area contributed by atoms with Gasteiger partial charge < -0.3 is 0 Å². The van der Waals surface area contributed by atoms with Crippen molar-refractivity contribution in [2.75, 3.05) is 0 Å². The van der Waals surface area contributed by atoms with E-state index in [-0.39, 0.29) is 0 Å². The molecule has 0 aliphatic rings. The monoisotopic (exact) mass is 211 g/mol. The zero-order valence-corrected chi connectivity index (χ0v) is 9.30. The van der Waals surface area contributed by atoms with Gasteiger partial charge in [-0.3, -0.25) is 0 Å². The summed E-state index contributed by atoms with van der Waals surface area (Å²) in [5.74, 6) is 0. The van der Waals surface area contributed by atoms with Crippen LogP contribution in [0.2, 0.25) is 13.1 Å². The number of carbonyl (C=O) groups excluding carboxylic acids is 1. The van der Waals surface area contributed by atoms with Crippen LogP contribution in [0, 0.1) is 0 Å². The van der Waals surface area contributed by atoms with Crippen LogP contribution in [0.5, 0.6) is 0 Å². The Balaban J connectivity index is 3.00. The smallest absolute Gasteiger partial charge is 0.211 e. The van der Waals surface area contributed by atoms with Crippen LogP contribution in [-0.4, -0.2) is 13.5 Å². The minimum atomic E-state index is -1.75. The predicted octanol–water partition coefficient (Wildman–Crippen LogP) is 2.30. The molecule has 0 bridgehead atoms. The average molecular weight is 212 g/mol. The first-order chi connectivity index (χ1) is 6.04. The van der Waals surface area contributed by atoms with Gasteiger partial charge in [-0.1, -0.05) is 25.2 Å². The fourth-order valence-electron chi connectivity index (χ4n) is 0.985. The molecule has 13 heavy (non-hydrogen) atoms. The number of aliphatic imine (C=N–C) groups is 1. The molecular weight excluding hydrogens is 202 g/mol. The molecule has 0 radical (unpaired) electrons. The molecule has 0 unspecified atom stereocenters. The summed E-state index contributed by atoms with van der Waals surface area (Å²) in [6.07, 6.45) is 1.50. The van der Waals surface area contributed by atoms with Gasteiger partial charge in [0.15, 0.2) is 7.38 Å². The van der Waals surface area contributed by atoms with Crippen molar-refractivity contribution in [1.82, 2.24) is 0 Å². The second-order valence-electron chi connectivity index (χ2n) is 3.22. The van der Waals surface area contributed by atoms with Crippen molar-refractivity contribution in [1.29, 1.82) is 0 Å². The van der Waals surface area contributed by atoms with Gasteiger partial charge >= 0.3 is 0 Å². The highest BCUT2D eigenvalue weighted by atomic mass is 35.6. The number of hydrogen-bond donors (Lipinski definition) is 0. The van der Waals surface area contributed by atoms with Crippen LogP contribution in [0.15, 0.2) is 29.3 Å². The predicted molar refractivity (Wildman–Crippen MR) is 57.2 cm³/mol. The van der Waals surface area contributed by atoms with E-state index in [1.807, 2.05) is 25.2 Å². The minimum absolute atomic E-state index is 0.619. The Hall–Kier alpha value is -0.893. The molecule has 0 amide bonds. The molecule has 0 aliphatic heterocycles. The lowest BCUT2D eigenvalue weighted by atomic mass is 10.3. The van der Waals surface area contributed by atoms with E-state index < -0.39 is 7.38 Å². The van der Waals surface area contributed by atoms with Crippen LogP contribution in [0.1, 0.15) is 0 Å². The second-order valence-corrected chi connectivity index (χ2v) is 9.58. The summed E-state index contributed by atoms with van der Waals surface area (Å²) < 4.78 is 0. The molecule has 1 rings (SSSR count). The van der Waals surface area contributed by atoms with E-state index in [2.05, 4.69) is 4.99 Å². The van der Waals surface area contributed by atoms with Gasteiger partial charge in [0, 0.05) is 0 Å². The first-order valence-electron chi connectivity index (χ1n) is 3.91.